The molecule has 4 rings (SSSR count). The highest BCUT2D eigenvalue weighted by atomic mass is 35.5. The standard InChI is InChI=1S/C22H28ClFO4.C3H4Cl2O2/c1-12-8-16-15-5-4-13-9-14(25)6-7-19(13,2)21(15,24)17(26)10-20(16,3)22(12,28)18(27)11-23;1-3(4,5)2(6)7/h6-7,9,12,15-17,26,28H,4-5,8,10-11H2,1-3H3;1H3,(H,6,7)/t12-,15-,16-,17-,19-,20-,21-,22-;/m0./s1. The molecule has 196 valence electrons. The highest BCUT2D eigenvalue weighted by Crippen LogP contribution is 2.70. The number of carbonyl (C=O) groups is 3. The highest BCUT2D eigenvalue weighted by Gasteiger charge is 2.75. The van der Waals surface area contributed by atoms with Crippen LogP contribution in [0, 0.1) is 28.6 Å². The molecule has 0 bridgehead atoms. The summed E-state index contributed by atoms with van der Waals surface area (Å²) in [7, 11) is 0. The number of Topliss-reactive ketones (excluding diaryl/α,β-unsaturated/α-hetero) is 1. The van der Waals surface area contributed by atoms with Crippen LogP contribution in [0.4, 0.5) is 4.39 Å². The zero-order valence-electron chi connectivity index (χ0n) is 20.2. The van der Waals surface area contributed by atoms with Crippen molar-refractivity contribution in [3.8, 4) is 0 Å². The summed E-state index contributed by atoms with van der Waals surface area (Å²) in [4.78, 5) is 34.3. The third-order valence-corrected chi connectivity index (χ3v) is 9.71. The van der Waals surface area contributed by atoms with Crippen molar-refractivity contribution in [1.29, 1.82) is 0 Å². The molecule has 0 amide bonds. The van der Waals surface area contributed by atoms with Gasteiger partial charge in [0.05, 0.1) is 12.0 Å². The molecule has 0 radical (unpaired) electrons. The quantitative estimate of drug-likeness (QED) is 0.447. The van der Waals surface area contributed by atoms with Gasteiger partial charge in [0.1, 0.15) is 5.60 Å². The van der Waals surface area contributed by atoms with E-state index in [2.05, 4.69) is 0 Å². The third kappa shape index (κ3) is 4.01. The van der Waals surface area contributed by atoms with Crippen LogP contribution in [0.3, 0.4) is 0 Å². The number of aliphatic hydroxyl groups excluding tert-OH is 1. The lowest BCUT2D eigenvalue weighted by molar-refractivity contribution is -0.218. The number of ketones is 2. The van der Waals surface area contributed by atoms with Gasteiger partial charge in [-0.2, -0.15) is 0 Å². The van der Waals surface area contributed by atoms with Crippen molar-refractivity contribution in [3.63, 3.8) is 0 Å². The van der Waals surface area contributed by atoms with Crippen LogP contribution in [0.25, 0.3) is 0 Å². The Morgan fingerprint density at radius 3 is 2.34 bits per heavy atom. The minimum absolute atomic E-state index is 0.0151. The Hall–Kier alpha value is -0.990. The Balaban J connectivity index is 0.000000429. The fourth-order valence-corrected chi connectivity index (χ4v) is 7.45. The van der Waals surface area contributed by atoms with Crippen LogP contribution in [0.1, 0.15) is 53.4 Å². The highest BCUT2D eigenvalue weighted by molar-refractivity contribution is 6.56. The normalized spacial score (nSPS) is 44.3. The maximum atomic E-state index is 16.9. The van der Waals surface area contributed by atoms with E-state index in [0.717, 1.165) is 5.57 Å². The molecule has 8 atom stereocenters. The van der Waals surface area contributed by atoms with E-state index in [-0.39, 0.29) is 29.9 Å². The van der Waals surface area contributed by atoms with Crippen LogP contribution >= 0.6 is 34.8 Å². The van der Waals surface area contributed by atoms with E-state index >= 15 is 4.39 Å². The molecular formula is C25H32Cl3FO6. The first-order chi connectivity index (χ1) is 15.9. The van der Waals surface area contributed by atoms with E-state index in [1.807, 2.05) is 13.8 Å². The molecule has 10 heteroatoms. The maximum Gasteiger partial charge on any atom is 0.339 e. The number of allylic oxidation sites excluding steroid dienone is 4. The molecule has 0 aromatic rings. The summed E-state index contributed by atoms with van der Waals surface area (Å²) in [5.74, 6) is -3.26. The van der Waals surface area contributed by atoms with Gasteiger partial charge in [0.25, 0.3) is 0 Å². The monoisotopic (exact) mass is 552 g/mol. The van der Waals surface area contributed by atoms with Crippen LogP contribution in [-0.2, 0) is 14.4 Å². The Labute approximate surface area is 219 Å². The van der Waals surface area contributed by atoms with E-state index in [0.29, 0.717) is 19.3 Å². The lowest BCUT2D eigenvalue weighted by atomic mass is 9.44. The van der Waals surface area contributed by atoms with Crippen molar-refractivity contribution < 1.29 is 34.1 Å². The zero-order chi connectivity index (χ0) is 26.8. The number of alkyl halides is 4. The topological polar surface area (TPSA) is 112 Å². The van der Waals surface area contributed by atoms with Gasteiger partial charge >= 0.3 is 5.97 Å². The molecule has 6 nitrogen and oxygen atoms in total. The van der Waals surface area contributed by atoms with E-state index in [1.165, 1.54) is 19.1 Å². The molecule has 3 saturated carbocycles. The van der Waals surface area contributed by atoms with Crippen LogP contribution in [0.2, 0.25) is 0 Å². The number of halogens is 4. The first-order valence-electron chi connectivity index (χ1n) is 11.6. The number of hydrogen-bond acceptors (Lipinski definition) is 5. The predicted molar refractivity (Wildman–Crippen MR) is 131 cm³/mol. The van der Waals surface area contributed by atoms with Crippen LogP contribution in [0.5, 0.6) is 0 Å². The Morgan fingerprint density at radius 1 is 1.26 bits per heavy atom. The van der Waals surface area contributed by atoms with Gasteiger partial charge in [0.15, 0.2) is 17.2 Å². The Kier molecular flexibility index (Phi) is 7.42. The van der Waals surface area contributed by atoms with Gasteiger partial charge in [-0.3, -0.25) is 9.59 Å². The minimum atomic E-state index is -1.95. The molecule has 0 spiro atoms. The number of carboxylic acids is 1. The van der Waals surface area contributed by atoms with Crippen molar-refractivity contribution in [2.45, 2.75) is 75.1 Å². The van der Waals surface area contributed by atoms with Gasteiger partial charge in [-0.05, 0) is 63.5 Å². The Bertz CT molecular complexity index is 992. The largest absolute Gasteiger partial charge is 0.479 e. The summed E-state index contributed by atoms with van der Waals surface area (Å²) >= 11 is 15.9. The summed E-state index contributed by atoms with van der Waals surface area (Å²) in [6.07, 6.45) is 4.69. The number of carboxylic acid groups (broad SMARTS) is 1. The van der Waals surface area contributed by atoms with Gasteiger partial charge in [0.2, 0.25) is 4.33 Å². The molecule has 0 aromatic heterocycles. The SMILES string of the molecule is CC(Cl)(Cl)C(=O)O.C[C@H]1C[C@H]2[C@@H]3CCC4=CC(=O)C=C[C@]4(C)[C@@]3(F)[C@@H](O)C[C@]2(C)[C@@]1(O)C(=O)CCl. The molecule has 0 unspecified atom stereocenters. The number of aliphatic hydroxyl groups is 2. The van der Waals surface area contributed by atoms with Crippen LogP contribution in [0.15, 0.2) is 23.8 Å². The average molecular weight is 554 g/mol. The first kappa shape index (κ1) is 28.6. The first-order valence-corrected chi connectivity index (χ1v) is 12.9. The molecule has 0 saturated heterocycles. The summed E-state index contributed by atoms with van der Waals surface area (Å²) in [5.41, 5.74) is -4.90. The summed E-state index contributed by atoms with van der Waals surface area (Å²) < 4.78 is 15.2. The van der Waals surface area contributed by atoms with E-state index < -0.39 is 50.2 Å². The minimum Gasteiger partial charge on any atom is -0.479 e. The number of rotatable bonds is 3. The number of aliphatic carboxylic acids is 1. The molecule has 3 N–H and O–H groups in total. The van der Waals surface area contributed by atoms with Crippen LogP contribution in [-0.4, -0.2) is 60.4 Å². The summed E-state index contributed by atoms with van der Waals surface area (Å²) in [5, 5.41) is 30.6. The summed E-state index contributed by atoms with van der Waals surface area (Å²) in [6, 6.07) is 0. The second-order valence-corrected chi connectivity index (χ2v) is 12.9. The maximum absolute atomic E-state index is 16.9. The second kappa shape index (κ2) is 9.09. The van der Waals surface area contributed by atoms with Crippen LogP contribution < -0.4 is 0 Å². The summed E-state index contributed by atoms with van der Waals surface area (Å²) in [6.45, 7) is 6.57. The van der Waals surface area contributed by atoms with Crippen molar-refractivity contribution in [2.75, 3.05) is 5.88 Å². The molecular weight excluding hydrogens is 522 g/mol. The molecule has 0 aliphatic heterocycles. The fourth-order valence-electron chi connectivity index (χ4n) is 7.24. The number of carbonyl (C=O) groups excluding carboxylic acids is 2. The molecule has 0 aromatic carbocycles. The van der Waals surface area contributed by atoms with Gasteiger partial charge < -0.3 is 15.3 Å². The predicted octanol–water partition coefficient (Wildman–Crippen LogP) is 4.41. The lowest BCUT2D eigenvalue weighted by Gasteiger charge is -2.62. The van der Waals surface area contributed by atoms with Crippen molar-refractivity contribution in [1.82, 2.24) is 0 Å². The molecule has 0 heterocycles. The van der Waals surface area contributed by atoms with E-state index in [9.17, 15) is 24.6 Å². The Morgan fingerprint density at radius 2 is 1.83 bits per heavy atom. The molecule has 4 aliphatic rings. The van der Waals surface area contributed by atoms with Gasteiger partial charge in [-0.15, -0.1) is 11.6 Å². The van der Waals surface area contributed by atoms with E-state index in [4.69, 9.17) is 39.9 Å². The zero-order valence-corrected chi connectivity index (χ0v) is 22.4. The molecule has 4 aliphatic carbocycles. The lowest BCUT2D eigenvalue weighted by Crippen LogP contribution is -2.69. The van der Waals surface area contributed by atoms with Gasteiger partial charge in [0, 0.05) is 16.7 Å². The molecule has 3 fully saturated rings. The van der Waals surface area contributed by atoms with Gasteiger partial charge in [-0.25, -0.2) is 9.18 Å². The van der Waals surface area contributed by atoms with Crippen molar-refractivity contribution >= 4 is 52.3 Å². The molecule has 35 heavy (non-hydrogen) atoms. The van der Waals surface area contributed by atoms with Crippen molar-refractivity contribution in [2.24, 2.45) is 28.6 Å². The number of hydrogen-bond donors (Lipinski definition) is 3. The average Bonchev–Trinajstić information content (AvgIpc) is 2.96. The van der Waals surface area contributed by atoms with E-state index in [1.54, 1.807) is 13.0 Å². The third-order valence-electron chi connectivity index (χ3n) is 9.14. The number of fused-ring (bicyclic) bond motifs is 5. The smallest absolute Gasteiger partial charge is 0.339 e. The second-order valence-electron chi connectivity index (χ2n) is 10.9. The van der Waals surface area contributed by atoms with Crippen molar-refractivity contribution in [3.05, 3.63) is 23.8 Å². The van der Waals surface area contributed by atoms with Gasteiger partial charge in [-0.1, -0.05) is 48.7 Å². The fraction of sp³-hybridized carbons (Fsp3) is 0.720.